The zero-order valence-electron chi connectivity index (χ0n) is 12.8. The molecule has 1 aliphatic heterocycles. The van der Waals surface area contributed by atoms with E-state index in [2.05, 4.69) is 15.9 Å². The van der Waals surface area contributed by atoms with Crippen LogP contribution in [0.2, 0.25) is 0 Å². The molecule has 2 amide bonds. The SMILES string of the molecule is O=C1c2ccccc2C(=O)N1CCCCOc1cc(Br)ccc1F. The van der Waals surface area contributed by atoms with Crippen LogP contribution in [0.5, 0.6) is 5.75 Å². The maximum absolute atomic E-state index is 13.5. The second-order valence-electron chi connectivity index (χ2n) is 5.44. The zero-order valence-corrected chi connectivity index (χ0v) is 14.4. The molecule has 1 heterocycles. The van der Waals surface area contributed by atoms with E-state index in [9.17, 15) is 14.0 Å². The number of fused-ring (bicyclic) bond motifs is 1. The number of halogens is 2. The highest BCUT2D eigenvalue weighted by Crippen LogP contribution is 2.24. The number of benzene rings is 2. The van der Waals surface area contributed by atoms with Gasteiger partial charge in [-0.1, -0.05) is 28.1 Å². The maximum atomic E-state index is 13.5. The van der Waals surface area contributed by atoms with E-state index in [1.165, 1.54) is 11.0 Å². The van der Waals surface area contributed by atoms with Gasteiger partial charge in [-0.15, -0.1) is 0 Å². The smallest absolute Gasteiger partial charge is 0.261 e. The van der Waals surface area contributed by atoms with E-state index in [4.69, 9.17) is 4.74 Å². The van der Waals surface area contributed by atoms with Gasteiger partial charge in [0.2, 0.25) is 0 Å². The number of amides is 2. The first-order valence-electron chi connectivity index (χ1n) is 7.61. The summed E-state index contributed by atoms with van der Waals surface area (Å²) in [4.78, 5) is 25.6. The van der Waals surface area contributed by atoms with E-state index in [0.717, 1.165) is 4.47 Å². The molecule has 0 spiro atoms. The summed E-state index contributed by atoms with van der Waals surface area (Å²) in [6, 6.07) is 11.3. The van der Waals surface area contributed by atoms with Crippen LogP contribution in [0.3, 0.4) is 0 Å². The van der Waals surface area contributed by atoms with Gasteiger partial charge in [0.15, 0.2) is 11.6 Å². The summed E-state index contributed by atoms with van der Waals surface area (Å²) in [6.45, 7) is 0.646. The molecule has 24 heavy (non-hydrogen) atoms. The first kappa shape index (κ1) is 16.6. The lowest BCUT2D eigenvalue weighted by molar-refractivity contribution is 0.0649. The highest BCUT2D eigenvalue weighted by molar-refractivity contribution is 9.10. The van der Waals surface area contributed by atoms with Gasteiger partial charge in [-0.2, -0.15) is 0 Å². The van der Waals surface area contributed by atoms with Crippen molar-refractivity contribution in [2.45, 2.75) is 12.8 Å². The van der Waals surface area contributed by atoms with E-state index in [1.54, 1.807) is 36.4 Å². The molecule has 0 saturated carbocycles. The highest BCUT2D eigenvalue weighted by atomic mass is 79.9. The van der Waals surface area contributed by atoms with Crippen molar-refractivity contribution in [1.29, 1.82) is 0 Å². The van der Waals surface area contributed by atoms with Gasteiger partial charge in [-0.05, 0) is 43.2 Å². The minimum Gasteiger partial charge on any atom is -0.490 e. The molecule has 2 aromatic carbocycles. The Bertz CT molecular complexity index is 759. The molecule has 3 rings (SSSR count). The highest BCUT2D eigenvalue weighted by Gasteiger charge is 2.34. The average Bonchev–Trinajstić information content (AvgIpc) is 2.82. The van der Waals surface area contributed by atoms with Crippen LogP contribution in [0.25, 0.3) is 0 Å². The van der Waals surface area contributed by atoms with E-state index >= 15 is 0 Å². The number of carbonyl (C=O) groups is 2. The molecule has 0 saturated heterocycles. The number of ether oxygens (including phenoxy) is 1. The van der Waals surface area contributed by atoms with Gasteiger partial charge in [0.05, 0.1) is 17.7 Å². The number of carbonyl (C=O) groups excluding carboxylic acids is 2. The Kier molecular flexibility index (Phi) is 4.94. The fourth-order valence-corrected chi connectivity index (χ4v) is 2.92. The van der Waals surface area contributed by atoms with Crippen LogP contribution in [0.15, 0.2) is 46.9 Å². The molecule has 4 nitrogen and oxygen atoms in total. The first-order chi connectivity index (χ1) is 11.6. The zero-order chi connectivity index (χ0) is 17.1. The third-order valence-corrected chi connectivity index (χ3v) is 4.30. The maximum Gasteiger partial charge on any atom is 0.261 e. The monoisotopic (exact) mass is 391 g/mol. The summed E-state index contributed by atoms with van der Waals surface area (Å²) in [5.41, 5.74) is 0.907. The summed E-state index contributed by atoms with van der Waals surface area (Å²) in [7, 11) is 0. The molecule has 0 aliphatic carbocycles. The van der Waals surface area contributed by atoms with Crippen molar-refractivity contribution in [2.24, 2.45) is 0 Å². The molecule has 0 N–H and O–H groups in total. The molecule has 0 atom stereocenters. The molecule has 0 aromatic heterocycles. The van der Waals surface area contributed by atoms with E-state index < -0.39 is 5.82 Å². The van der Waals surface area contributed by atoms with Gasteiger partial charge in [0, 0.05) is 11.0 Å². The number of rotatable bonds is 6. The van der Waals surface area contributed by atoms with Crippen molar-refractivity contribution in [3.8, 4) is 5.75 Å². The van der Waals surface area contributed by atoms with Crippen LogP contribution in [0.4, 0.5) is 4.39 Å². The van der Waals surface area contributed by atoms with Crippen LogP contribution in [-0.4, -0.2) is 29.9 Å². The second-order valence-corrected chi connectivity index (χ2v) is 6.35. The van der Waals surface area contributed by atoms with Crippen LogP contribution in [0, 0.1) is 5.82 Å². The van der Waals surface area contributed by atoms with Crippen LogP contribution in [0.1, 0.15) is 33.6 Å². The Balaban J connectivity index is 1.49. The van der Waals surface area contributed by atoms with Crippen molar-refractivity contribution in [2.75, 3.05) is 13.2 Å². The quantitative estimate of drug-likeness (QED) is 0.551. The second kappa shape index (κ2) is 7.13. The fourth-order valence-electron chi connectivity index (χ4n) is 2.58. The predicted molar refractivity (Wildman–Crippen MR) is 90.6 cm³/mol. The predicted octanol–water partition coefficient (Wildman–Crippen LogP) is 4.04. The Hall–Kier alpha value is -2.21. The summed E-state index contributed by atoms with van der Waals surface area (Å²) in [5.74, 6) is -0.743. The number of unbranched alkanes of at least 4 members (excludes halogenated alkanes) is 1. The Labute approximate surface area is 147 Å². The van der Waals surface area contributed by atoms with Crippen molar-refractivity contribution in [1.82, 2.24) is 4.90 Å². The van der Waals surface area contributed by atoms with Crippen molar-refractivity contribution < 1.29 is 18.7 Å². The van der Waals surface area contributed by atoms with Gasteiger partial charge in [0.1, 0.15) is 0 Å². The molecule has 6 heteroatoms. The topological polar surface area (TPSA) is 46.6 Å². The Morgan fingerprint density at radius 2 is 1.67 bits per heavy atom. The van der Waals surface area contributed by atoms with Gasteiger partial charge in [-0.25, -0.2) is 4.39 Å². The normalized spacial score (nSPS) is 13.3. The summed E-state index contributed by atoms with van der Waals surface area (Å²) in [6.07, 6.45) is 1.21. The number of hydrogen-bond donors (Lipinski definition) is 0. The Morgan fingerprint density at radius 3 is 2.33 bits per heavy atom. The summed E-state index contributed by atoms with van der Waals surface area (Å²) in [5, 5.41) is 0. The lowest BCUT2D eigenvalue weighted by Gasteiger charge is -2.14. The van der Waals surface area contributed by atoms with E-state index in [1.807, 2.05) is 0 Å². The molecule has 124 valence electrons. The minimum atomic E-state index is -0.418. The number of imide groups is 1. The minimum absolute atomic E-state index is 0.185. The van der Waals surface area contributed by atoms with Gasteiger partial charge >= 0.3 is 0 Å². The number of hydrogen-bond acceptors (Lipinski definition) is 3. The van der Waals surface area contributed by atoms with Crippen LogP contribution < -0.4 is 4.74 Å². The van der Waals surface area contributed by atoms with Gasteiger partial charge in [-0.3, -0.25) is 14.5 Å². The Morgan fingerprint density at radius 1 is 1.00 bits per heavy atom. The van der Waals surface area contributed by atoms with Crippen molar-refractivity contribution >= 4 is 27.7 Å². The van der Waals surface area contributed by atoms with E-state index in [0.29, 0.717) is 37.1 Å². The number of nitrogens with zero attached hydrogens (tertiary/aromatic N) is 1. The van der Waals surface area contributed by atoms with Crippen molar-refractivity contribution in [3.63, 3.8) is 0 Å². The van der Waals surface area contributed by atoms with Crippen LogP contribution >= 0.6 is 15.9 Å². The molecule has 2 aromatic rings. The molecular weight excluding hydrogens is 377 g/mol. The lowest BCUT2D eigenvalue weighted by Crippen LogP contribution is -2.30. The van der Waals surface area contributed by atoms with Crippen molar-refractivity contribution in [3.05, 3.63) is 63.9 Å². The summed E-state index contributed by atoms with van der Waals surface area (Å²) < 4.78 is 19.7. The molecule has 1 aliphatic rings. The van der Waals surface area contributed by atoms with Crippen LogP contribution in [-0.2, 0) is 0 Å². The van der Waals surface area contributed by atoms with Gasteiger partial charge < -0.3 is 4.74 Å². The average molecular weight is 392 g/mol. The third kappa shape index (κ3) is 3.33. The van der Waals surface area contributed by atoms with E-state index in [-0.39, 0.29) is 17.6 Å². The molecule has 0 radical (unpaired) electrons. The third-order valence-electron chi connectivity index (χ3n) is 3.81. The largest absolute Gasteiger partial charge is 0.490 e. The molecule has 0 fully saturated rings. The summed E-state index contributed by atoms with van der Waals surface area (Å²) >= 11 is 3.26. The van der Waals surface area contributed by atoms with Gasteiger partial charge in [0.25, 0.3) is 11.8 Å². The molecule has 0 unspecified atom stereocenters. The standard InChI is InChI=1S/C18H15BrFNO3/c19-12-7-8-15(20)16(11-12)24-10-4-3-9-21-17(22)13-5-1-2-6-14(13)18(21)23/h1-2,5-8,11H,3-4,9-10H2. The molecular formula is C18H15BrFNO3. The lowest BCUT2D eigenvalue weighted by atomic mass is 10.1. The fraction of sp³-hybridized carbons (Fsp3) is 0.222. The molecule has 0 bridgehead atoms. The first-order valence-corrected chi connectivity index (χ1v) is 8.40.